The summed E-state index contributed by atoms with van der Waals surface area (Å²) < 4.78 is 2.30. The number of nitrogens with zero attached hydrogens (tertiary/aromatic N) is 2. The number of aromatic nitrogens is 1. The van der Waals surface area contributed by atoms with Crippen LogP contribution in [0.5, 0.6) is 0 Å². The van der Waals surface area contributed by atoms with Crippen molar-refractivity contribution in [2.45, 2.75) is 12.8 Å². The minimum Gasteiger partial charge on any atom is -0.425 e. The number of fused-ring (bicyclic) bond motifs is 6. The molecule has 0 unspecified atom stereocenters. The van der Waals surface area contributed by atoms with Crippen LogP contribution in [0.15, 0.2) is 47.6 Å². The summed E-state index contributed by atoms with van der Waals surface area (Å²) in [6, 6.07) is 14.1. The van der Waals surface area contributed by atoms with Crippen LogP contribution < -0.4 is 10.7 Å². The molecule has 23 heavy (non-hydrogen) atoms. The van der Waals surface area contributed by atoms with E-state index in [2.05, 4.69) is 39.8 Å². The van der Waals surface area contributed by atoms with E-state index in [0.29, 0.717) is 5.46 Å². The maximum Gasteiger partial charge on any atom is 0.517 e. The Morgan fingerprint density at radius 3 is 2.78 bits per heavy atom. The van der Waals surface area contributed by atoms with Crippen LogP contribution in [0.4, 0.5) is 0 Å². The number of benzene rings is 2. The number of rotatable bonds is 2. The lowest BCUT2D eigenvalue weighted by Gasteiger charge is -2.03. The highest BCUT2D eigenvalue weighted by molar-refractivity contribution is 6.64. The van der Waals surface area contributed by atoms with Gasteiger partial charge in [0.05, 0.1) is 16.6 Å². The third-order valence-corrected chi connectivity index (χ3v) is 4.93. The minimum absolute atomic E-state index is 0.543. The zero-order valence-electron chi connectivity index (χ0n) is 12.4. The van der Waals surface area contributed by atoms with E-state index in [9.17, 15) is 9.93 Å². The maximum atomic E-state index is 10.6. The largest absolute Gasteiger partial charge is 0.517 e. The fourth-order valence-electron chi connectivity index (χ4n) is 3.97. The lowest BCUT2D eigenvalue weighted by Crippen LogP contribution is -2.27. The summed E-state index contributed by atoms with van der Waals surface area (Å²) in [4.78, 5) is 10.6. The molecule has 0 spiro atoms. The predicted molar refractivity (Wildman–Crippen MR) is 93.8 cm³/mol. The lowest BCUT2D eigenvalue weighted by molar-refractivity contribution is 0.587. The molecule has 110 valence electrons. The molecular formula is C18H13BN2O2. The average molecular weight is 300 g/mol. The molecule has 0 amide bonds. The summed E-state index contributed by atoms with van der Waals surface area (Å²) >= 11 is 0. The molecule has 5 rings (SSSR count). The molecule has 2 heterocycles. The summed E-state index contributed by atoms with van der Waals surface area (Å²) in [6.45, 7) is 0. The van der Waals surface area contributed by atoms with Crippen molar-refractivity contribution >= 4 is 45.9 Å². The Morgan fingerprint density at radius 2 is 1.91 bits per heavy atom. The number of nitroso groups, excluding NO2 is 1. The summed E-state index contributed by atoms with van der Waals surface area (Å²) in [5.74, 6) is 0. The number of hydrogen-bond acceptors (Lipinski definition) is 3. The molecule has 2 aromatic carbocycles. The van der Waals surface area contributed by atoms with Crippen molar-refractivity contribution in [3.05, 3.63) is 58.2 Å². The minimum atomic E-state index is -1.30. The third kappa shape index (κ3) is 1.55. The van der Waals surface area contributed by atoms with Crippen LogP contribution in [0.1, 0.15) is 12.0 Å². The molecule has 4 nitrogen and oxygen atoms in total. The average Bonchev–Trinajstić information content (AvgIpc) is 3.12. The molecule has 0 fully saturated rings. The van der Waals surface area contributed by atoms with E-state index in [1.807, 2.05) is 12.1 Å². The molecule has 5 heteroatoms. The molecule has 1 aliphatic carbocycles. The summed E-state index contributed by atoms with van der Waals surface area (Å²) in [5.41, 5.74) is 5.52. The van der Waals surface area contributed by atoms with Crippen LogP contribution in [0.2, 0.25) is 0 Å². The first-order valence-corrected chi connectivity index (χ1v) is 7.77. The van der Waals surface area contributed by atoms with Gasteiger partial charge in [0.25, 0.3) is 0 Å². The molecule has 0 saturated carbocycles. The van der Waals surface area contributed by atoms with E-state index >= 15 is 0 Å². The lowest BCUT2D eigenvalue weighted by atomic mass is 9.75. The number of hydrogen-bond donors (Lipinski definition) is 1. The summed E-state index contributed by atoms with van der Waals surface area (Å²) in [7, 11) is -1.30. The Balaban J connectivity index is 2.03. The predicted octanol–water partition coefficient (Wildman–Crippen LogP) is 2.15. The van der Waals surface area contributed by atoms with Crippen LogP contribution in [0.25, 0.3) is 33.4 Å². The standard InChI is InChI=1S/C18H13BN2O2/c22-19(20-23)11-8-9-17-15(10-11)14-6-3-5-13-12-4-1-2-7-16(12)21(17)18(13)14/h1-2,4,6-10,22H,3,5H2. The van der Waals surface area contributed by atoms with Crippen molar-refractivity contribution in [1.29, 1.82) is 0 Å². The topological polar surface area (TPSA) is 54.1 Å². The Kier molecular flexibility index (Phi) is 2.47. The van der Waals surface area contributed by atoms with Gasteiger partial charge in [-0.05, 0) is 36.0 Å². The zero-order valence-corrected chi connectivity index (χ0v) is 12.4. The molecule has 0 atom stereocenters. The normalized spacial score (nSPS) is 13.6. The monoisotopic (exact) mass is 300 g/mol. The Labute approximate surface area is 132 Å². The van der Waals surface area contributed by atoms with Crippen molar-refractivity contribution in [3.8, 4) is 0 Å². The van der Waals surface area contributed by atoms with Gasteiger partial charge in [-0.3, -0.25) is 0 Å². The van der Waals surface area contributed by atoms with Crippen LogP contribution in [0.3, 0.4) is 0 Å². The molecule has 0 saturated heterocycles. The second-order valence-electron chi connectivity index (χ2n) is 6.09. The highest BCUT2D eigenvalue weighted by atomic mass is 16.3. The molecule has 0 aliphatic heterocycles. The van der Waals surface area contributed by atoms with Gasteiger partial charge in [0.1, 0.15) is 0 Å². The molecule has 1 aliphatic rings. The first-order valence-electron chi connectivity index (χ1n) is 7.77. The molecule has 1 N–H and O–H groups in total. The first-order chi connectivity index (χ1) is 11.3. The van der Waals surface area contributed by atoms with Crippen molar-refractivity contribution in [2.24, 2.45) is 5.09 Å². The Morgan fingerprint density at radius 1 is 1.09 bits per heavy atom. The van der Waals surface area contributed by atoms with E-state index in [1.54, 1.807) is 6.07 Å². The van der Waals surface area contributed by atoms with Crippen molar-refractivity contribution in [2.75, 3.05) is 0 Å². The fourth-order valence-corrected chi connectivity index (χ4v) is 3.97. The van der Waals surface area contributed by atoms with E-state index in [-0.39, 0.29) is 0 Å². The summed E-state index contributed by atoms with van der Waals surface area (Å²) in [6.07, 6.45) is 4.31. The quantitative estimate of drug-likeness (QED) is 0.455. The van der Waals surface area contributed by atoms with E-state index in [1.165, 1.54) is 27.2 Å². The van der Waals surface area contributed by atoms with E-state index in [0.717, 1.165) is 23.7 Å². The highest BCUT2D eigenvalue weighted by Crippen LogP contribution is 2.32. The van der Waals surface area contributed by atoms with E-state index in [4.69, 9.17) is 0 Å². The van der Waals surface area contributed by atoms with Crippen LogP contribution in [0, 0.1) is 4.91 Å². The van der Waals surface area contributed by atoms with Gasteiger partial charge in [-0.25, -0.2) is 0 Å². The third-order valence-electron chi connectivity index (χ3n) is 4.93. The van der Waals surface area contributed by atoms with Crippen LogP contribution in [-0.4, -0.2) is 16.5 Å². The molecule has 4 aromatic rings. The first kappa shape index (κ1) is 12.8. The van der Waals surface area contributed by atoms with Gasteiger partial charge in [-0.15, -0.1) is 0 Å². The Hall–Kier alpha value is -2.66. The van der Waals surface area contributed by atoms with Gasteiger partial charge < -0.3 is 9.42 Å². The number of aryl methyl sites for hydroxylation is 1. The van der Waals surface area contributed by atoms with E-state index < -0.39 is 7.05 Å². The molecule has 0 radical (unpaired) electrons. The van der Waals surface area contributed by atoms with Crippen molar-refractivity contribution < 1.29 is 5.02 Å². The SMILES string of the molecule is O=NB(O)c1ccc2c(c1)c1c3c(c4ccccc4n32)CCC=1. The van der Waals surface area contributed by atoms with Crippen LogP contribution in [-0.2, 0) is 6.42 Å². The fraction of sp³-hybridized carbons (Fsp3) is 0.111. The van der Waals surface area contributed by atoms with Gasteiger partial charge in [0.2, 0.25) is 0 Å². The van der Waals surface area contributed by atoms with Crippen LogP contribution >= 0.6 is 0 Å². The van der Waals surface area contributed by atoms with Crippen molar-refractivity contribution in [1.82, 2.24) is 4.40 Å². The molecular weight excluding hydrogens is 287 g/mol. The van der Waals surface area contributed by atoms with Gasteiger partial charge in [-0.1, -0.05) is 41.5 Å². The van der Waals surface area contributed by atoms with Gasteiger partial charge in [-0.2, -0.15) is 4.91 Å². The Bertz CT molecular complexity index is 1160. The van der Waals surface area contributed by atoms with Crippen molar-refractivity contribution in [3.63, 3.8) is 0 Å². The zero-order chi connectivity index (χ0) is 15.6. The molecule has 0 bridgehead atoms. The van der Waals surface area contributed by atoms with Gasteiger partial charge in [0.15, 0.2) is 0 Å². The smallest absolute Gasteiger partial charge is 0.425 e. The van der Waals surface area contributed by atoms with Gasteiger partial charge in [0, 0.05) is 16.0 Å². The number of para-hydroxylation sites is 1. The second-order valence-corrected chi connectivity index (χ2v) is 6.09. The highest BCUT2D eigenvalue weighted by Gasteiger charge is 2.22. The summed E-state index contributed by atoms with van der Waals surface area (Å²) in [5, 5.41) is 16.1. The second kappa shape index (κ2) is 4.43. The van der Waals surface area contributed by atoms with Gasteiger partial charge >= 0.3 is 7.05 Å². The maximum absolute atomic E-state index is 10.6. The molecule has 2 aromatic heterocycles.